The maximum Gasteiger partial charge on any atom is 0.353 e. The van der Waals surface area contributed by atoms with Crippen LogP contribution in [0.4, 0.5) is 29.0 Å². The Kier molecular flexibility index (Phi) is 7.52. The molecule has 0 aliphatic carbocycles. The van der Waals surface area contributed by atoms with Crippen molar-refractivity contribution in [3.05, 3.63) is 34.4 Å². The van der Waals surface area contributed by atoms with Gasteiger partial charge in [0.25, 0.3) is 0 Å². The number of ether oxygens (including phenoxy) is 2. The number of anilines is 4. The molecule has 0 saturated heterocycles. The van der Waals surface area contributed by atoms with Gasteiger partial charge in [0.05, 0.1) is 31.4 Å². The van der Waals surface area contributed by atoms with Crippen LogP contribution in [-0.4, -0.2) is 53.0 Å². The molecule has 0 fully saturated rings. The molecule has 5 N–H and O–H groups in total. The van der Waals surface area contributed by atoms with Crippen molar-refractivity contribution in [2.24, 2.45) is 0 Å². The Morgan fingerprint density at radius 3 is 2.63 bits per heavy atom. The Bertz CT molecular complexity index is 756. The minimum Gasteiger partial charge on any atom is -0.494 e. The van der Waals surface area contributed by atoms with Crippen molar-refractivity contribution in [1.82, 2.24) is 9.97 Å². The predicted molar refractivity (Wildman–Crippen MR) is 100 cm³/mol. The minimum absolute atomic E-state index is 0.0320. The van der Waals surface area contributed by atoms with Gasteiger partial charge in [0.15, 0.2) is 0 Å². The van der Waals surface area contributed by atoms with E-state index in [-0.39, 0.29) is 30.8 Å². The summed E-state index contributed by atoms with van der Waals surface area (Å²) < 4.78 is 10.5. The van der Waals surface area contributed by atoms with Crippen LogP contribution in [-0.2, 0) is 4.74 Å². The molecule has 1 aromatic carbocycles. The Balaban J connectivity index is 2.17. The van der Waals surface area contributed by atoms with Gasteiger partial charge in [-0.2, -0.15) is 9.97 Å². The normalized spacial score (nSPS) is 10.4. The second-order valence-electron chi connectivity index (χ2n) is 5.23. The smallest absolute Gasteiger partial charge is 0.353 e. The quantitative estimate of drug-likeness (QED) is 0.257. The van der Waals surface area contributed by atoms with Crippen LogP contribution in [0.2, 0.25) is 0 Å². The van der Waals surface area contributed by atoms with Crippen molar-refractivity contribution < 1.29 is 19.5 Å². The molecule has 0 atom stereocenters. The molecule has 0 amide bonds. The van der Waals surface area contributed by atoms with E-state index in [1.54, 1.807) is 24.3 Å². The summed E-state index contributed by atoms with van der Waals surface area (Å²) in [4.78, 5) is 18.7. The Hall–Kier alpha value is -3.18. The molecule has 1 heterocycles. The monoisotopic (exact) mass is 378 g/mol. The Morgan fingerprint density at radius 1 is 1.26 bits per heavy atom. The lowest BCUT2D eigenvalue weighted by molar-refractivity contribution is -0.383. The molecule has 11 nitrogen and oxygen atoms in total. The summed E-state index contributed by atoms with van der Waals surface area (Å²) in [6, 6.07) is 6.89. The number of nitrogens with zero attached hydrogens (tertiary/aromatic N) is 3. The number of hydrogen-bond donors (Lipinski definition) is 4. The molecule has 27 heavy (non-hydrogen) atoms. The summed E-state index contributed by atoms with van der Waals surface area (Å²) in [5.41, 5.74) is 5.90. The van der Waals surface area contributed by atoms with Crippen molar-refractivity contribution >= 4 is 29.0 Å². The van der Waals surface area contributed by atoms with Crippen LogP contribution in [0.1, 0.15) is 6.92 Å². The van der Waals surface area contributed by atoms with Crippen LogP contribution in [0, 0.1) is 10.1 Å². The first kappa shape index (κ1) is 20.1. The Morgan fingerprint density at radius 2 is 2.00 bits per heavy atom. The molecule has 0 aliphatic rings. The van der Waals surface area contributed by atoms with E-state index in [9.17, 15) is 10.1 Å². The summed E-state index contributed by atoms with van der Waals surface area (Å²) in [6.07, 6.45) is 0. The van der Waals surface area contributed by atoms with Crippen LogP contribution >= 0.6 is 0 Å². The van der Waals surface area contributed by atoms with Gasteiger partial charge in [0, 0.05) is 12.2 Å². The number of nitrogens with two attached hydrogens (primary N) is 1. The maximum atomic E-state index is 11.3. The lowest BCUT2D eigenvalue weighted by atomic mass is 10.3. The number of nitrogen functional groups attached to an aromatic ring is 1. The zero-order valence-electron chi connectivity index (χ0n) is 14.8. The summed E-state index contributed by atoms with van der Waals surface area (Å²) >= 11 is 0. The number of nitro groups is 1. The molecule has 2 aromatic rings. The number of hydrogen-bond acceptors (Lipinski definition) is 10. The first-order valence-corrected chi connectivity index (χ1v) is 8.29. The van der Waals surface area contributed by atoms with Crippen molar-refractivity contribution in [3.8, 4) is 5.75 Å². The third kappa shape index (κ3) is 5.94. The lowest BCUT2D eigenvalue weighted by Crippen LogP contribution is -2.15. The van der Waals surface area contributed by atoms with Crippen molar-refractivity contribution in [2.45, 2.75) is 6.92 Å². The molecule has 0 unspecified atom stereocenters. The zero-order chi connectivity index (χ0) is 19.6. The van der Waals surface area contributed by atoms with Crippen molar-refractivity contribution in [1.29, 1.82) is 0 Å². The van der Waals surface area contributed by atoms with Gasteiger partial charge < -0.3 is 30.9 Å². The van der Waals surface area contributed by atoms with E-state index in [1.165, 1.54) is 0 Å². The van der Waals surface area contributed by atoms with Crippen molar-refractivity contribution in [3.63, 3.8) is 0 Å². The fourth-order valence-electron chi connectivity index (χ4n) is 2.16. The summed E-state index contributed by atoms with van der Waals surface area (Å²) in [6.45, 7) is 3.22. The first-order chi connectivity index (χ1) is 13.0. The van der Waals surface area contributed by atoms with Gasteiger partial charge in [-0.15, -0.1) is 0 Å². The van der Waals surface area contributed by atoms with Crippen molar-refractivity contribution in [2.75, 3.05) is 49.3 Å². The van der Waals surface area contributed by atoms with Crippen LogP contribution in [0.5, 0.6) is 5.75 Å². The lowest BCUT2D eigenvalue weighted by Gasteiger charge is -2.11. The number of aliphatic hydroxyl groups excluding tert-OH is 1. The van der Waals surface area contributed by atoms with E-state index < -0.39 is 10.6 Å². The number of nitrogens with one attached hydrogen (secondary N) is 2. The first-order valence-electron chi connectivity index (χ1n) is 8.29. The van der Waals surface area contributed by atoms with Gasteiger partial charge >= 0.3 is 5.69 Å². The zero-order valence-corrected chi connectivity index (χ0v) is 14.8. The molecule has 0 bridgehead atoms. The summed E-state index contributed by atoms with van der Waals surface area (Å²) in [7, 11) is 0. The molecular weight excluding hydrogens is 356 g/mol. The highest BCUT2D eigenvalue weighted by Gasteiger charge is 2.23. The largest absolute Gasteiger partial charge is 0.494 e. The fraction of sp³-hybridized carbons (Fsp3) is 0.375. The average Bonchev–Trinajstić information content (AvgIpc) is 2.63. The van der Waals surface area contributed by atoms with E-state index in [4.69, 9.17) is 20.3 Å². The molecular formula is C16H22N6O5. The molecule has 0 aliphatic heterocycles. The average molecular weight is 378 g/mol. The summed E-state index contributed by atoms with van der Waals surface area (Å²) in [5, 5.41) is 25.7. The number of aromatic nitrogens is 2. The molecule has 146 valence electrons. The molecule has 2 rings (SSSR count). The van der Waals surface area contributed by atoms with Gasteiger partial charge in [-0.25, -0.2) is 0 Å². The highest BCUT2D eigenvalue weighted by Crippen LogP contribution is 2.31. The van der Waals surface area contributed by atoms with E-state index in [0.717, 1.165) is 0 Å². The number of rotatable bonds is 11. The third-order valence-corrected chi connectivity index (χ3v) is 3.29. The van der Waals surface area contributed by atoms with E-state index in [1.807, 2.05) is 6.92 Å². The SMILES string of the molecule is CCOc1ccc(Nc2nc(NCCOCCO)nc(N)c2[N+](=O)[O-])cc1. The molecule has 1 aromatic heterocycles. The molecule has 11 heteroatoms. The van der Waals surface area contributed by atoms with Crippen LogP contribution < -0.4 is 21.1 Å². The third-order valence-electron chi connectivity index (χ3n) is 3.29. The summed E-state index contributed by atoms with van der Waals surface area (Å²) in [5.74, 6) is 0.516. The van der Waals surface area contributed by atoms with E-state index in [2.05, 4.69) is 20.6 Å². The highest BCUT2D eigenvalue weighted by molar-refractivity contribution is 5.74. The topological polar surface area (TPSA) is 158 Å². The van der Waals surface area contributed by atoms with Gasteiger partial charge in [0.2, 0.25) is 17.6 Å². The number of benzene rings is 1. The number of aliphatic hydroxyl groups is 1. The standard InChI is InChI=1S/C16H22N6O5/c1-2-27-12-5-3-11(4-6-12)19-15-13(22(24)25)14(17)20-16(21-15)18-7-9-26-10-8-23/h3-6,23H,2,7-10H2,1H3,(H4,17,18,19,20,21). The second-order valence-corrected chi connectivity index (χ2v) is 5.23. The van der Waals surface area contributed by atoms with E-state index in [0.29, 0.717) is 31.2 Å². The second kappa shape index (κ2) is 10.1. The van der Waals surface area contributed by atoms with E-state index >= 15 is 0 Å². The molecule has 0 spiro atoms. The predicted octanol–water partition coefficient (Wildman–Crippen LogP) is 1.53. The van der Waals surface area contributed by atoms with Crippen LogP contribution in [0.15, 0.2) is 24.3 Å². The Labute approximate surface area is 155 Å². The van der Waals surface area contributed by atoms with Gasteiger partial charge in [-0.05, 0) is 31.2 Å². The molecule has 0 saturated carbocycles. The minimum atomic E-state index is -0.639. The molecule has 0 radical (unpaired) electrons. The highest BCUT2D eigenvalue weighted by atomic mass is 16.6. The van der Waals surface area contributed by atoms with Gasteiger partial charge in [-0.3, -0.25) is 10.1 Å². The van der Waals surface area contributed by atoms with Gasteiger partial charge in [0.1, 0.15) is 5.75 Å². The van der Waals surface area contributed by atoms with Crippen LogP contribution in [0.3, 0.4) is 0 Å². The fourth-order valence-corrected chi connectivity index (χ4v) is 2.16. The van der Waals surface area contributed by atoms with Crippen LogP contribution in [0.25, 0.3) is 0 Å². The van der Waals surface area contributed by atoms with Gasteiger partial charge in [-0.1, -0.05) is 0 Å². The maximum absolute atomic E-state index is 11.3.